The van der Waals surface area contributed by atoms with Crippen LogP contribution in [0.4, 0.5) is 5.69 Å². The molecule has 0 aliphatic heterocycles. The number of ketones is 2. The van der Waals surface area contributed by atoms with Gasteiger partial charge in [-0.1, -0.05) is 12.6 Å². The summed E-state index contributed by atoms with van der Waals surface area (Å²) in [5, 5.41) is 55.0. The molecule has 9 N–H and O–H groups in total. The number of carbonyl (C=O) groups excluding carboxylic acids is 3. The summed E-state index contributed by atoms with van der Waals surface area (Å²) in [6.07, 6.45) is -1.72. The first-order valence-electron chi connectivity index (χ1n) is 9.91. The molecular weight excluding hydrogens is 434 g/mol. The van der Waals surface area contributed by atoms with Crippen molar-refractivity contribution in [3.63, 3.8) is 0 Å². The normalized spacial score (nSPS) is 31.5. The van der Waals surface area contributed by atoms with E-state index in [1.54, 1.807) is 0 Å². The van der Waals surface area contributed by atoms with E-state index in [1.165, 1.54) is 31.1 Å². The Labute approximate surface area is 187 Å². The van der Waals surface area contributed by atoms with Crippen molar-refractivity contribution in [3.05, 3.63) is 46.7 Å². The number of phenols is 1. The smallest absolute Gasteiger partial charge is 0.255 e. The second-order valence-corrected chi connectivity index (χ2v) is 8.66. The van der Waals surface area contributed by atoms with E-state index in [0.717, 1.165) is 0 Å². The van der Waals surface area contributed by atoms with Gasteiger partial charge in [0.1, 0.15) is 22.8 Å². The number of fused-ring (bicyclic) bond motifs is 3. The Kier molecular flexibility index (Phi) is 4.72. The van der Waals surface area contributed by atoms with E-state index in [9.17, 15) is 39.9 Å². The zero-order valence-electron chi connectivity index (χ0n) is 17.7. The van der Waals surface area contributed by atoms with Gasteiger partial charge in [-0.05, 0) is 31.3 Å². The molecule has 1 amide bonds. The van der Waals surface area contributed by atoms with Crippen molar-refractivity contribution in [2.75, 3.05) is 19.8 Å². The zero-order valence-corrected chi connectivity index (χ0v) is 17.7. The van der Waals surface area contributed by atoms with Crippen LogP contribution in [0.1, 0.15) is 11.1 Å². The lowest BCUT2D eigenvalue weighted by atomic mass is 9.55. The number of aliphatic hydroxyl groups is 4. The van der Waals surface area contributed by atoms with Crippen LogP contribution in [-0.2, 0) is 14.4 Å². The van der Waals surface area contributed by atoms with Crippen molar-refractivity contribution >= 4 is 34.5 Å². The molecule has 11 nitrogen and oxygen atoms in total. The van der Waals surface area contributed by atoms with E-state index < -0.39 is 75.5 Å². The highest BCUT2D eigenvalue weighted by atomic mass is 16.4. The van der Waals surface area contributed by atoms with Crippen LogP contribution in [-0.4, -0.2) is 79.7 Å². The maximum absolute atomic E-state index is 13.7. The van der Waals surface area contributed by atoms with Gasteiger partial charge in [0.25, 0.3) is 5.91 Å². The van der Waals surface area contributed by atoms with Gasteiger partial charge in [0.15, 0.2) is 11.4 Å². The third kappa shape index (κ3) is 2.58. The number of nitrogens with two attached hydrogens (primary N) is 2. The molecule has 0 radical (unpaired) electrons. The fraction of sp³-hybridized carbons (Fsp3) is 0.318. The molecule has 3 aliphatic rings. The molecule has 3 aliphatic carbocycles. The van der Waals surface area contributed by atoms with Crippen molar-refractivity contribution in [2.45, 2.75) is 17.7 Å². The van der Waals surface area contributed by atoms with Gasteiger partial charge < -0.3 is 37.0 Å². The van der Waals surface area contributed by atoms with Gasteiger partial charge >= 0.3 is 0 Å². The number of aliphatic hydroxyl groups excluding tert-OH is 3. The molecule has 5 atom stereocenters. The largest absolute Gasteiger partial charge is 0.508 e. The number of likely N-dealkylation sites (N-methyl/N-ethyl adjacent to an activating group) is 1. The van der Waals surface area contributed by atoms with Crippen LogP contribution >= 0.6 is 0 Å². The summed E-state index contributed by atoms with van der Waals surface area (Å²) in [5.41, 5.74) is 6.43. The van der Waals surface area contributed by atoms with Gasteiger partial charge in [-0.25, -0.2) is 0 Å². The summed E-state index contributed by atoms with van der Waals surface area (Å²) in [7, 11) is 2.85. The monoisotopic (exact) mass is 457 g/mol. The maximum Gasteiger partial charge on any atom is 0.255 e. The first-order valence-corrected chi connectivity index (χ1v) is 9.91. The molecule has 0 bridgehead atoms. The minimum Gasteiger partial charge on any atom is -0.508 e. The van der Waals surface area contributed by atoms with E-state index in [0.29, 0.717) is 0 Å². The summed E-state index contributed by atoms with van der Waals surface area (Å²) in [5.74, 6) is -9.19. The molecule has 11 heteroatoms. The molecule has 5 unspecified atom stereocenters. The second-order valence-electron chi connectivity index (χ2n) is 8.66. The molecule has 1 aromatic rings. The number of anilines is 1. The first kappa shape index (κ1) is 22.5. The van der Waals surface area contributed by atoms with Gasteiger partial charge in [-0.3, -0.25) is 19.3 Å². The van der Waals surface area contributed by atoms with Crippen molar-refractivity contribution in [3.8, 4) is 5.75 Å². The Morgan fingerprint density at radius 3 is 2.33 bits per heavy atom. The quantitative estimate of drug-likeness (QED) is 0.163. The minimum atomic E-state index is -2.97. The molecule has 0 saturated heterocycles. The summed E-state index contributed by atoms with van der Waals surface area (Å²) >= 11 is 0. The van der Waals surface area contributed by atoms with Crippen LogP contribution in [0, 0.1) is 11.8 Å². The SMILES string of the molecule is C=C1c2ccc(N)c(O)c2C(O)=C2C(=O)C3(O)C(O)=C(C(N)=O)C(=O)C(N(C)C)C3C(O)C12. The van der Waals surface area contributed by atoms with E-state index >= 15 is 0 Å². The predicted octanol–water partition coefficient (Wildman–Crippen LogP) is -1.01. The Morgan fingerprint density at radius 2 is 1.79 bits per heavy atom. The van der Waals surface area contributed by atoms with Crippen LogP contribution in [0.5, 0.6) is 5.75 Å². The third-order valence-electron chi connectivity index (χ3n) is 6.77. The summed E-state index contributed by atoms with van der Waals surface area (Å²) in [6, 6.07) is 1.37. The first-order chi connectivity index (χ1) is 15.3. The highest BCUT2D eigenvalue weighted by Gasteiger charge is 2.68. The number of nitrogen functional groups attached to an aromatic ring is 1. The average Bonchev–Trinajstić information content (AvgIpc) is 2.72. The second kappa shape index (κ2) is 6.91. The van der Waals surface area contributed by atoms with Crippen LogP contribution in [0.25, 0.3) is 11.3 Å². The Hall–Kier alpha value is -3.67. The number of hydrogen-bond acceptors (Lipinski definition) is 10. The number of nitrogens with zero attached hydrogens (tertiary/aromatic N) is 1. The number of hydrogen-bond donors (Lipinski definition) is 7. The molecule has 4 rings (SSSR count). The highest BCUT2D eigenvalue weighted by Crippen LogP contribution is 2.55. The lowest BCUT2D eigenvalue weighted by Gasteiger charge is -2.52. The number of amides is 1. The zero-order chi connectivity index (χ0) is 24.7. The Balaban J connectivity index is 2.09. The number of primary amides is 1. The summed E-state index contributed by atoms with van der Waals surface area (Å²) < 4.78 is 0. The Bertz CT molecular complexity index is 1230. The van der Waals surface area contributed by atoms with Gasteiger partial charge in [0, 0.05) is 5.92 Å². The molecular formula is C22H23N3O8. The fourth-order valence-electron chi connectivity index (χ4n) is 5.27. The van der Waals surface area contributed by atoms with E-state index in [-0.39, 0.29) is 22.4 Å². The van der Waals surface area contributed by atoms with Crippen molar-refractivity contribution < 1.29 is 39.9 Å². The lowest BCUT2D eigenvalue weighted by Crippen LogP contribution is -2.70. The van der Waals surface area contributed by atoms with Crippen LogP contribution in [0.2, 0.25) is 0 Å². The van der Waals surface area contributed by atoms with Crippen molar-refractivity contribution in [2.24, 2.45) is 17.6 Å². The number of benzene rings is 1. The molecule has 174 valence electrons. The highest BCUT2D eigenvalue weighted by molar-refractivity contribution is 6.25. The number of Topliss-reactive ketones (excluding diaryl/α,β-unsaturated/α-hetero) is 2. The van der Waals surface area contributed by atoms with Crippen LogP contribution in [0.15, 0.2) is 35.6 Å². The summed E-state index contributed by atoms with van der Waals surface area (Å²) in [6.45, 7) is 3.90. The number of aromatic hydroxyl groups is 1. The topological polar surface area (TPSA) is 208 Å². The standard InChI is InChI=1S/C22H23N3O8/c1-6-7-4-5-8(23)15(26)10(7)16(27)11-9(6)17(28)13-14(25(2)3)18(29)12(21(24)32)20(31)22(13,33)19(11)30/h4-5,9,13-14,17,26-28,31,33H,1,23H2,2-3H3,(H2,24,32). The predicted molar refractivity (Wildman–Crippen MR) is 115 cm³/mol. The van der Waals surface area contributed by atoms with Gasteiger partial charge in [-0.2, -0.15) is 0 Å². The maximum atomic E-state index is 13.7. The van der Waals surface area contributed by atoms with Gasteiger partial charge in [0.05, 0.1) is 34.9 Å². The van der Waals surface area contributed by atoms with Crippen LogP contribution in [0.3, 0.4) is 0 Å². The summed E-state index contributed by atoms with van der Waals surface area (Å²) in [4.78, 5) is 39.9. The van der Waals surface area contributed by atoms with Crippen molar-refractivity contribution in [1.29, 1.82) is 0 Å². The van der Waals surface area contributed by atoms with E-state index in [2.05, 4.69) is 6.58 Å². The molecule has 33 heavy (non-hydrogen) atoms. The molecule has 1 aromatic carbocycles. The molecule has 0 aromatic heterocycles. The third-order valence-corrected chi connectivity index (χ3v) is 6.77. The lowest BCUT2D eigenvalue weighted by molar-refractivity contribution is -0.166. The van der Waals surface area contributed by atoms with Gasteiger partial charge in [-0.15, -0.1) is 0 Å². The number of phenolic OH excluding ortho intramolecular Hbond substituents is 1. The number of rotatable bonds is 2. The molecule has 1 saturated carbocycles. The molecule has 0 spiro atoms. The molecule has 0 heterocycles. The van der Waals surface area contributed by atoms with Gasteiger partial charge in [0.2, 0.25) is 5.78 Å². The Morgan fingerprint density at radius 1 is 1.18 bits per heavy atom. The average molecular weight is 457 g/mol. The fourth-order valence-corrected chi connectivity index (χ4v) is 5.27. The van der Waals surface area contributed by atoms with E-state index in [1.807, 2.05) is 0 Å². The van der Waals surface area contributed by atoms with Crippen molar-refractivity contribution in [1.82, 2.24) is 4.90 Å². The van der Waals surface area contributed by atoms with E-state index in [4.69, 9.17) is 11.5 Å². The minimum absolute atomic E-state index is 0.109. The number of carbonyl (C=O) groups is 3. The van der Waals surface area contributed by atoms with Crippen LogP contribution < -0.4 is 11.5 Å². The molecule has 1 fully saturated rings.